The molecule has 2 aromatic carbocycles. The lowest BCUT2D eigenvalue weighted by atomic mass is 9.86. The van der Waals surface area contributed by atoms with Gasteiger partial charge in [0.05, 0.1) is 19.1 Å². The Kier molecular flexibility index (Phi) is 6.78. The van der Waals surface area contributed by atoms with Crippen LogP contribution in [0.15, 0.2) is 24.3 Å². The Bertz CT molecular complexity index is 1350. The number of hydrogen-bond acceptors (Lipinski definition) is 6. The van der Waals surface area contributed by atoms with Gasteiger partial charge in [-0.05, 0) is 45.4 Å². The zero-order chi connectivity index (χ0) is 26.4. The lowest BCUT2D eigenvalue weighted by Crippen LogP contribution is -2.45. The molecule has 0 saturated heterocycles. The summed E-state index contributed by atoms with van der Waals surface area (Å²) in [6, 6.07) is 7.69. The van der Waals surface area contributed by atoms with Crippen LogP contribution in [-0.2, 0) is 9.59 Å². The van der Waals surface area contributed by atoms with Crippen LogP contribution in [0.2, 0.25) is 0 Å². The SMILES string of the molecule is COc1c(OC(=O)CCC(=O)N(C)C)ccc2c1-c1ccc3c(c1=C(C(C)C)O2)=C(C)CC(C)(C)N3. The van der Waals surface area contributed by atoms with Gasteiger partial charge in [-0.1, -0.05) is 25.5 Å². The Hall–Kier alpha value is -3.48. The van der Waals surface area contributed by atoms with Gasteiger partial charge in [-0.25, -0.2) is 0 Å². The molecule has 2 aliphatic rings. The average Bonchev–Trinajstić information content (AvgIpc) is 2.80. The molecule has 0 unspecified atom stereocenters. The Morgan fingerprint density at radius 3 is 2.47 bits per heavy atom. The van der Waals surface area contributed by atoms with E-state index in [4.69, 9.17) is 14.2 Å². The Labute approximate surface area is 212 Å². The summed E-state index contributed by atoms with van der Waals surface area (Å²) in [5, 5.41) is 5.89. The first-order valence-corrected chi connectivity index (χ1v) is 12.4. The molecule has 2 aliphatic heterocycles. The van der Waals surface area contributed by atoms with Crippen LogP contribution in [0.5, 0.6) is 17.2 Å². The van der Waals surface area contributed by atoms with E-state index in [2.05, 4.69) is 52.1 Å². The number of rotatable bonds is 6. The second-order valence-electron chi connectivity index (χ2n) is 10.7. The van der Waals surface area contributed by atoms with Crippen molar-refractivity contribution in [2.75, 3.05) is 26.5 Å². The number of ether oxygens (including phenoxy) is 3. The molecule has 0 saturated carbocycles. The molecule has 7 nitrogen and oxygen atoms in total. The summed E-state index contributed by atoms with van der Waals surface area (Å²) < 4.78 is 18.0. The number of benzene rings is 2. The van der Waals surface area contributed by atoms with Crippen LogP contribution in [0, 0.1) is 5.92 Å². The van der Waals surface area contributed by atoms with E-state index in [1.54, 1.807) is 27.3 Å². The molecule has 1 amide bonds. The smallest absolute Gasteiger partial charge is 0.311 e. The molecular formula is C29H36N2O5. The summed E-state index contributed by atoms with van der Waals surface area (Å²) in [5.74, 6) is 1.84. The summed E-state index contributed by atoms with van der Waals surface area (Å²) in [6.45, 7) is 10.8. The normalized spacial score (nSPS) is 15.2. The van der Waals surface area contributed by atoms with E-state index in [9.17, 15) is 9.59 Å². The lowest BCUT2D eigenvalue weighted by Gasteiger charge is -2.34. The summed E-state index contributed by atoms with van der Waals surface area (Å²) in [5.41, 5.74) is 4.08. The van der Waals surface area contributed by atoms with E-state index in [0.29, 0.717) is 17.2 Å². The fourth-order valence-corrected chi connectivity index (χ4v) is 5.13. The first-order chi connectivity index (χ1) is 16.9. The number of carbonyl (C=O) groups excluding carboxylic acids is 2. The molecule has 0 aliphatic carbocycles. The third-order valence-corrected chi connectivity index (χ3v) is 6.63. The van der Waals surface area contributed by atoms with Gasteiger partial charge in [0.1, 0.15) is 11.5 Å². The predicted molar refractivity (Wildman–Crippen MR) is 142 cm³/mol. The number of anilines is 1. The van der Waals surface area contributed by atoms with Gasteiger partial charge >= 0.3 is 5.97 Å². The van der Waals surface area contributed by atoms with Gasteiger partial charge in [0.25, 0.3) is 0 Å². The van der Waals surface area contributed by atoms with Gasteiger partial charge in [0, 0.05) is 53.7 Å². The van der Waals surface area contributed by atoms with Gasteiger partial charge in [0.2, 0.25) is 5.91 Å². The Morgan fingerprint density at radius 1 is 1.11 bits per heavy atom. The molecule has 0 fully saturated rings. The van der Waals surface area contributed by atoms with Crippen LogP contribution < -0.4 is 30.0 Å². The predicted octanol–water partition coefficient (Wildman–Crippen LogP) is 4.06. The summed E-state index contributed by atoms with van der Waals surface area (Å²) in [7, 11) is 4.88. The van der Waals surface area contributed by atoms with Crippen LogP contribution in [0.1, 0.15) is 53.9 Å². The van der Waals surface area contributed by atoms with Crippen molar-refractivity contribution < 1.29 is 23.8 Å². The molecule has 4 rings (SSSR count). The quantitative estimate of drug-likeness (QED) is 0.484. The van der Waals surface area contributed by atoms with Crippen LogP contribution >= 0.6 is 0 Å². The molecule has 0 radical (unpaired) electrons. The van der Waals surface area contributed by atoms with E-state index >= 15 is 0 Å². The van der Waals surface area contributed by atoms with Gasteiger partial charge in [0.15, 0.2) is 11.5 Å². The topological polar surface area (TPSA) is 77.1 Å². The zero-order valence-electron chi connectivity index (χ0n) is 22.5. The summed E-state index contributed by atoms with van der Waals surface area (Å²) >= 11 is 0. The van der Waals surface area contributed by atoms with E-state index in [-0.39, 0.29) is 30.2 Å². The standard InChI is InChI=1S/C29H36N2O5/c1-16(2)27-26-18(9-10-19-24(26)17(3)15-29(4,5)30-19)25-20(36-27)11-12-21(28(25)34-8)35-23(33)14-13-22(32)31(6)7/h9-12,16,30H,13-15H2,1-8H3. The number of methoxy groups -OCH3 is 1. The first kappa shape index (κ1) is 25.6. The molecule has 2 aromatic rings. The van der Waals surface area contributed by atoms with Crippen molar-refractivity contribution >= 4 is 28.9 Å². The largest absolute Gasteiger partial charge is 0.492 e. The van der Waals surface area contributed by atoms with Gasteiger partial charge in [-0.3, -0.25) is 9.59 Å². The minimum atomic E-state index is -0.490. The second kappa shape index (κ2) is 9.52. The Morgan fingerprint density at radius 2 is 1.83 bits per heavy atom. The van der Waals surface area contributed by atoms with Crippen LogP contribution in [0.3, 0.4) is 0 Å². The molecule has 0 spiro atoms. The third-order valence-electron chi connectivity index (χ3n) is 6.63. The number of carbonyl (C=O) groups is 2. The molecule has 1 N–H and O–H groups in total. The average molecular weight is 493 g/mol. The molecule has 0 bridgehead atoms. The van der Waals surface area contributed by atoms with Gasteiger partial charge < -0.3 is 24.4 Å². The minimum Gasteiger partial charge on any atom is -0.492 e. The third kappa shape index (κ3) is 4.66. The maximum Gasteiger partial charge on any atom is 0.311 e. The molecule has 2 heterocycles. The van der Waals surface area contributed by atoms with Crippen molar-refractivity contribution in [3.8, 4) is 28.4 Å². The molecule has 36 heavy (non-hydrogen) atoms. The highest BCUT2D eigenvalue weighted by molar-refractivity contribution is 5.88. The number of nitrogens with one attached hydrogen (secondary N) is 1. The van der Waals surface area contributed by atoms with Crippen molar-refractivity contribution in [3.05, 3.63) is 34.7 Å². The van der Waals surface area contributed by atoms with E-state index in [0.717, 1.165) is 39.4 Å². The number of nitrogens with zero attached hydrogens (tertiary/aromatic N) is 1. The second-order valence-corrected chi connectivity index (χ2v) is 10.7. The maximum absolute atomic E-state index is 12.6. The molecule has 192 valence electrons. The highest BCUT2D eigenvalue weighted by atomic mass is 16.6. The zero-order valence-corrected chi connectivity index (χ0v) is 22.5. The van der Waals surface area contributed by atoms with Crippen molar-refractivity contribution in [3.63, 3.8) is 0 Å². The first-order valence-electron chi connectivity index (χ1n) is 12.4. The number of hydrogen-bond donors (Lipinski definition) is 1. The fraction of sp³-hybridized carbons (Fsp3) is 0.448. The van der Waals surface area contributed by atoms with E-state index in [1.807, 2.05) is 6.07 Å². The fourth-order valence-electron chi connectivity index (χ4n) is 5.13. The van der Waals surface area contributed by atoms with Crippen LogP contribution in [0.25, 0.3) is 22.5 Å². The lowest BCUT2D eigenvalue weighted by molar-refractivity contribution is -0.138. The highest BCUT2D eigenvalue weighted by Crippen LogP contribution is 2.46. The summed E-state index contributed by atoms with van der Waals surface area (Å²) in [6.07, 6.45) is 0.982. The Balaban J connectivity index is 1.86. The number of fused-ring (bicyclic) bond motifs is 5. The number of amides is 1. The highest BCUT2D eigenvalue weighted by Gasteiger charge is 2.31. The molecule has 0 atom stereocenters. The summed E-state index contributed by atoms with van der Waals surface area (Å²) in [4.78, 5) is 25.9. The maximum atomic E-state index is 12.6. The molecular weight excluding hydrogens is 456 g/mol. The van der Waals surface area contributed by atoms with Crippen LogP contribution in [0.4, 0.5) is 5.69 Å². The van der Waals surface area contributed by atoms with Crippen molar-refractivity contribution in [2.24, 2.45) is 5.92 Å². The van der Waals surface area contributed by atoms with Gasteiger partial charge in [-0.2, -0.15) is 0 Å². The van der Waals surface area contributed by atoms with Gasteiger partial charge in [-0.15, -0.1) is 0 Å². The number of esters is 1. The van der Waals surface area contributed by atoms with E-state index < -0.39 is 5.97 Å². The molecule has 0 aromatic heterocycles. The van der Waals surface area contributed by atoms with Crippen LogP contribution in [-0.4, -0.2) is 43.5 Å². The molecule has 7 heteroatoms. The van der Waals surface area contributed by atoms with Crippen molar-refractivity contribution in [2.45, 2.75) is 59.4 Å². The van der Waals surface area contributed by atoms with E-state index in [1.165, 1.54) is 10.5 Å². The van der Waals surface area contributed by atoms with Crippen molar-refractivity contribution in [1.29, 1.82) is 0 Å². The van der Waals surface area contributed by atoms with Crippen molar-refractivity contribution in [1.82, 2.24) is 4.90 Å². The minimum absolute atomic E-state index is 0.0151. The monoisotopic (exact) mass is 492 g/mol.